The first-order valence-corrected chi connectivity index (χ1v) is 9.09. The molecule has 0 radical (unpaired) electrons. The summed E-state index contributed by atoms with van der Waals surface area (Å²) in [6.45, 7) is 2.58. The first kappa shape index (κ1) is 15.9. The molecule has 2 aromatic rings. The van der Waals surface area contributed by atoms with Crippen molar-refractivity contribution in [1.82, 2.24) is 0 Å². The summed E-state index contributed by atoms with van der Waals surface area (Å²) >= 11 is 3.44. The fraction of sp³-hybridized carbons (Fsp3) is 0.200. The first-order valence-electron chi connectivity index (χ1n) is 6.40. The molecular weight excluding hydrogens is 352 g/mol. The molecular formula is C15H17BrN2O2S. The Balaban J connectivity index is 2.07. The molecule has 6 heteroatoms. The topological polar surface area (TPSA) is 58.2 Å². The largest absolute Gasteiger partial charge is 0.381 e. The van der Waals surface area contributed by atoms with Crippen molar-refractivity contribution in [3.8, 4) is 0 Å². The van der Waals surface area contributed by atoms with Crippen molar-refractivity contribution in [2.45, 2.75) is 13.5 Å². The highest BCUT2D eigenvalue weighted by Crippen LogP contribution is 2.21. The molecule has 112 valence electrons. The van der Waals surface area contributed by atoms with Gasteiger partial charge in [0.1, 0.15) is 0 Å². The van der Waals surface area contributed by atoms with Crippen LogP contribution in [0.15, 0.2) is 46.9 Å². The second-order valence-corrected chi connectivity index (χ2v) is 7.55. The molecule has 0 aliphatic heterocycles. The van der Waals surface area contributed by atoms with Crippen LogP contribution in [0.5, 0.6) is 0 Å². The quantitative estimate of drug-likeness (QED) is 0.844. The number of halogens is 1. The number of rotatable bonds is 5. The molecule has 0 fully saturated rings. The lowest BCUT2D eigenvalue weighted by molar-refractivity contribution is 0.607. The molecule has 0 spiro atoms. The number of sulfonamides is 1. The molecule has 0 aliphatic rings. The molecule has 2 aromatic carbocycles. The fourth-order valence-electron chi connectivity index (χ4n) is 1.94. The maximum absolute atomic E-state index is 11.2. The van der Waals surface area contributed by atoms with Gasteiger partial charge in [0, 0.05) is 16.7 Å². The van der Waals surface area contributed by atoms with Crippen LogP contribution in [0.2, 0.25) is 0 Å². The van der Waals surface area contributed by atoms with E-state index >= 15 is 0 Å². The van der Waals surface area contributed by atoms with Gasteiger partial charge in [-0.15, -0.1) is 0 Å². The molecule has 0 saturated carbocycles. The highest BCUT2D eigenvalue weighted by molar-refractivity contribution is 9.10. The number of hydrogen-bond acceptors (Lipinski definition) is 3. The summed E-state index contributed by atoms with van der Waals surface area (Å²) in [5.74, 6) is 0. The van der Waals surface area contributed by atoms with Crippen molar-refractivity contribution < 1.29 is 8.42 Å². The average molecular weight is 369 g/mol. The Bertz CT molecular complexity index is 745. The van der Waals surface area contributed by atoms with Crippen LogP contribution in [0, 0.1) is 6.92 Å². The summed E-state index contributed by atoms with van der Waals surface area (Å²) in [6.07, 6.45) is 1.14. The average Bonchev–Trinajstić information content (AvgIpc) is 2.38. The molecule has 2 rings (SSSR count). The van der Waals surface area contributed by atoms with E-state index in [0.29, 0.717) is 12.2 Å². The van der Waals surface area contributed by atoms with Crippen LogP contribution in [0.4, 0.5) is 11.4 Å². The number of aryl methyl sites for hydroxylation is 1. The van der Waals surface area contributed by atoms with Crippen molar-refractivity contribution >= 4 is 37.3 Å². The van der Waals surface area contributed by atoms with Crippen LogP contribution < -0.4 is 10.0 Å². The van der Waals surface area contributed by atoms with Crippen molar-refractivity contribution in [2.24, 2.45) is 0 Å². The Kier molecular flexibility index (Phi) is 4.90. The maximum Gasteiger partial charge on any atom is 0.229 e. The zero-order valence-corrected chi connectivity index (χ0v) is 14.3. The Labute approximate surface area is 133 Å². The van der Waals surface area contributed by atoms with Crippen molar-refractivity contribution in [2.75, 3.05) is 16.3 Å². The van der Waals surface area contributed by atoms with Crippen LogP contribution in [-0.2, 0) is 16.6 Å². The summed E-state index contributed by atoms with van der Waals surface area (Å²) in [5, 5.41) is 3.32. The van der Waals surface area contributed by atoms with Crippen molar-refractivity contribution in [3.63, 3.8) is 0 Å². The fourth-order valence-corrected chi connectivity index (χ4v) is 3.01. The normalized spacial score (nSPS) is 11.2. The molecule has 0 bridgehead atoms. The molecule has 0 aromatic heterocycles. The highest BCUT2D eigenvalue weighted by atomic mass is 79.9. The molecule has 4 nitrogen and oxygen atoms in total. The highest BCUT2D eigenvalue weighted by Gasteiger charge is 2.05. The van der Waals surface area contributed by atoms with Crippen LogP contribution in [0.1, 0.15) is 11.1 Å². The molecule has 0 atom stereocenters. The Hall–Kier alpha value is -1.53. The van der Waals surface area contributed by atoms with E-state index < -0.39 is 10.0 Å². The second-order valence-electron chi connectivity index (χ2n) is 4.89. The molecule has 2 N–H and O–H groups in total. The van der Waals surface area contributed by atoms with Crippen LogP contribution in [0.25, 0.3) is 0 Å². The summed E-state index contributed by atoms with van der Waals surface area (Å²) < 4.78 is 26.0. The zero-order chi connectivity index (χ0) is 15.5. The number of hydrogen-bond donors (Lipinski definition) is 2. The second kappa shape index (κ2) is 6.49. The molecule has 0 unspecified atom stereocenters. The molecule has 0 heterocycles. The van der Waals surface area contributed by atoms with Gasteiger partial charge >= 0.3 is 0 Å². The minimum atomic E-state index is -3.25. The van der Waals surface area contributed by atoms with Gasteiger partial charge in [0.05, 0.1) is 11.9 Å². The monoisotopic (exact) mass is 368 g/mol. The maximum atomic E-state index is 11.2. The van der Waals surface area contributed by atoms with Crippen LogP contribution in [-0.4, -0.2) is 14.7 Å². The van der Waals surface area contributed by atoms with E-state index in [1.165, 1.54) is 5.56 Å². The van der Waals surface area contributed by atoms with E-state index in [-0.39, 0.29) is 0 Å². The number of nitrogens with one attached hydrogen (secondary N) is 2. The van der Waals surface area contributed by atoms with Gasteiger partial charge < -0.3 is 5.32 Å². The lowest BCUT2D eigenvalue weighted by atomic mass is 10.1. The van der Waals surface area contributed by atoms with Gasteiger partial charge in [-0.05, 0) is 48.4 Å². The third kappa shape index (κ3) is 5.06. The van der Waals surface area contributed by atoms with Gasteiger partial charge in [-0.1, -0.05) is 28.1 Å². The predicted octanol–water partition coefficient (Wildman–Crippen LogP) is 3.74. The molecule has 0 aliphatic carbocycles. The predicted molar refractivity (Wildman–Crippen MR) is 91.1 cm³/mol. The van der Waals surface area contributed by atoms with Gasteiger partial charge in [0.15, 0.2) is 0 Å². The lowest BCUT2D eigenvalue weighted by Gasteiger charge is -2.11. The van der Waals surface area contributed by atoms with E-state index in [4.69, 9.17) is 0 Å². The minimum Gasteiger partial charge on any atom is -0.381 e. The SMILES string of the molecule is Cc1cc(NCc2cccc(Br)c2)ccc1NS(C)(=O)=O. The summed E-state index contributed by atoms with van der Waals surface area (Å²) in [6, 6.07) is 13.6. The smallest absolute Gasteiger partial charge is 0.229 e. The van der Waals surface area contributed by atoms with E-state index in [1.807, 2.05) is 37.3 Å². The zero-order valence-electron chi connectivity index (χ0n) is 11.9. The van der Waals surface area contributed by atoms with E-state index in [9.17, 15) is 8.42 Å². The van der Waals surface area contributed by atoms with Gasteiger partial charge in [-0.2, -0.15) is 0 Å². The third-order valence-electron chi connectivity index (χ3n) is 2.91. The van der Waals surface area contributed by atoms with E-state index in [0.717, 1.165) is 22.0 Å². The number of anilines is 2. The molecule has 0 amide bonds. The molecule has 21 heavy (non-hydrogen) atoms. The van der Waals surface area contributed by atoms with Crippen LogP contribution in [0.3, 0.4) is 0 Å². The lowest BCUT2D eigenvalue weighted by Crippen LogP contribution is -2.10. The van der Waals surface area contributed by atoms with E-state index in [2.05, 4.69) is 32.0 Å². The number of benzene rings is 2. The van der Waals surface area contributed by atoms with Crippen molar-refractivity contribution in [1.29, 1.82) is 0 Å². The minimum absolute atomic E-state index is 0.602. The third-order valence-corrected chi connectivity index (χ3v) is 3.99. The van der Waals surface area contributed by atoms with Crippen LogP contribution >= 0.6 is 15.9 Å². The molecule has 0 saturated heterocycles. The summed E-state index contributed by atoms with van der Waals surface area (Å²) in [4.78, 5) is 0. The van der Waals surface area contributed by atoms with E-state index in [1.54, 1.807) is 6.07 Å². The first-order chi connectivity index (χ1) is 9.83. The standard InChI is InChI=1S/C15H17BrN2O2S/c1-11-8-14(6-7-15(11)18-21(2,19)20)17-10-12-4-3-5-13(16)9-12/h3-9,17-18H,10H2,1-2H3. The van der Waals surface area contributed by atoms with Gasteiger partial charge in [-0.25, -0.2) is 8.42 Å². The Morgan fingerprint density at radius 3 is 2.52 bits per heavy atom. The summed E-state index contributed by atoms with van der Waals surface area (Å²) in [5.41, 5.74) is 3.59. The Morgan fingerprint density at radius 2 is 1.90 bits per heavy atom. The van der Waals surface area contributed by atoms with Crippen molar-refractivity contribution in [3.05, 3.63) is 58.1 Å². The van der Waals surface area contributed by atoms with Gasteiger partial charge in [-0.3, -0.25) is 4.72 Å². The Morgan fingerprint density at radius 1 is 1.14 bits per heavy atom. The van der Waals surface area contributed by atoms with Gasteiger partial charge in [0.2, 0.25) is 10.0 Å². The van der Waals surface area contributed by atoms with Gasteiger partial charge in [0.25, 0.3) is 0 Å². The summed E-state index contributed by atoms with van der Waals surface area (Å²) in [7, 11) is -3.25.